The molecular formula is C41H57Cl3N4O5. The maximum atomic E-state index is 14.4. The Bertz CT molecular complexity index is 1580. The number of piperidine rings is 1. The van der Waals surface area contributed by atoms with Crippen molar-refractivity contribution in [1.82, 2.24) is 16.0 Å². The molecule has 0 unspecified atom stereocenters. The third-order valence-corrected chi connectivity index (χ3v) is 9.60. The number of rotatable bonds is 16. The molecule has 1 fully saturated rings. The Morgan fingerprint density at radius 3 is 2.43 bits per heavy atom. The standard InChI is InChI=1S/C41H55ClN4O5.2ClH/c1-41(2,3)28-46-34-17-16-31(42)25-33(34)38(51-36(40(46)48)26-37(47)45-27-30-18-22-44-23-19-30)32-14-8-15-35(39(32)49-4)50-24-10-21-43-20-9-13-29-11-6-5-7-12-29;;/h5-8,11-12,14-17,25,30,36,38,43-44H,9-10,13,18-24,26-28H2,1-4H3,(H,45,47);2*1H/t36-,38-;;/m0../s1. The summed E-state index contributed by atoms with van der Waals surface area (Å²) in [6.07, 6.45) is 3.10. The number of methoxy groups -OCH3 is 1. The van der Waals surface area contributed by atoms with Crippen molar-refractivity contribution in [2.24, 2.45) is 11.3 Å². The normalized spacial score (nSPS) is 17.5. The number of hydrogen-bond donors (Lipinski definition) is 3. The van der Waals surface area contributed by atoms with Gasteiger partial charge in [-0.1, -0.05) is 74.8 Å². The molecule has 2 aliphatic heterocycles. The molecule has 5 rings (SSSR count). The van der Waals surface area contributed by atoms with Gasteiger partial charge in [0.2, 0.25) is 5.91 Å². The second kappa shape index (κ2) is 21.7. The van der Waals surface area contributed by atoms with Gasteiger partial charge in [-0.25, -0.2) is 0 Å². The van der Waals surface area contributed by atoms with Crippen molar-refractivity contribution in [3.63, 3.8) is 0 Å². The lowest BCUT2D eigenvalue weighted by Crippen LogP contribution is -2.45. The molecule has 53 heavy (non-hydrogen) atoms. The van der Waals surface area contributed by atoms with Gasteiger partial charge in [-0.05, 0) is 99.4 Å². The van der Waals surface area contributed by atoms with Crippen LogP contribution < -0.4 is 30.3 Å². The van der Waals surface area contributed by atoms with E-state index in [1.54, 1.807) is 18.1 Å². The lowest BCUT2D eigenvalue weighted by atomic mass is 9.94. The molecule has 12 heteroatoms. The van der Waals surface area contributed by atoms with Gasteiger partial charge in [-0.2, -0.15) is 0 Å². The van der Waals surface area contributed by atoms with Crippen molar-refractivity contribution in [3.05, 3.63) is 88.4 Å². The molecular weight excluding hydrogens is 735 g/mol. The zero-order valence-corrected chi connectivity index (χ0v) is 33.8. The van der Waals surface area contributed by atoms with Crippen LogP contribution in [0.15, 0.2) is 66.7 Å². The summed E-state index contributed by atoms with van der Waals surface area (Å²) < 4.78 is 19.0. The fourth-order valence-electron chi connectivity index (χ4n) is 6.81. The minimum absolute atomic E-state index is 0. The van der Waals surface area contributed by atoms with Gasteiger partial charge in [-0.15, -0.1) is 24.8 Å². The topological polar surface area (TPSA) is 101 Å². The van der Waals surface area contributed by atoms with Crippen molar-refractivity contribution in [1.29, 1.82) is 0 Å². The number of amides is 2. The number of nitrogens with one attached hydrogen (secondary N) is 3. The van der Waals surface area contributed by atoms with Crippen molar-refractivity contribution in [2.75, 3.05) is 57.9 Å². The zero-order chi connectivity index (χ0) is 36.2. The molecule has 2 aliphatic rings. The fraction of sp³-hybridized carbons (Fsp3) is 0.512. The van der Waals surface area contributed by atoms with Crippen molar-refractivity contribution < 1.29 is 23.8 Å². The lowest BCUT2D eigenvalue weighted by Gasteiger charge is -2.31. The minimum atomic E-state index is -1.03. The Morgan fingerprint density at radius 1 is 0.981 bits per heavy atom. The molecule has 0 bridgehead atoms. The van der Waals surface area contributed by atoms with Gasteiger partial charge in [0.25, 0.3) is 5.91 Å². The molecule has 9 nitrogen and oxygen atoms in total. The van der Waals surface area contributed by atoms with Crippen LogP contribution in [0, 0.1) is 11.3 Å². The SMILES string of the molecule is COc1c(OCCCNCCCc2ccccc2)cccc1[C@@H]1O[C@@H](CC(=O)NCC2CCNCC2)C(=O)N(CC(C)(C)C)c2ccc(Cl)cc21.Cl.Cl. The molecule has 0 spiro atoms. The Hall–Kier alpha value is -3.05. The number of benzene rings is 3. The first-order chi connectivity index (χ1) is 24.6. The molecule has 2 amide bonds. The number of para-hydroxylation sites is 1. The van der Waals surface area contributed by atoms with Gasteiger partial charge in [0, 0.05) is 34.9 Å². The molecule has 1 saturated heterocycles. The number of nitrogens with zero attached hydrogens (tertiary/aromatic N) is 1. The number of aryl methyl sites for hydroxylation is 1. The van der Waals surface area contributed by atoms with Gasteiger partial charge in [0.1, 0.15) is 12.2 Å². The number of anilines is 1. The average molecular weight is 792 g/mol. The summed E-state index contributed by atoms with van der Waals surface area (Å²) in [4.78, 5) is 29.5. The molecule has 3 aromatic rings. The van der Waals surface area contributed by atoms with E-state index in [-0.39, 0.29) is 48.5 Å². The van der Waals surface area contributed by atoms with Crippen LogP contribution in [0.5, 0.6) is 11.5 Å². The van der Waals surface area contributed by atoms with Gasteiger partial charge in [-0.3, -0.25) is 9.59 Å². The summed E-state index contributed by atoms with van der Waals surface area (Å²) in [7, 11) is 1.61. The van der Waals surface area contributed by atoms with Crippen LogP contribution in [0.1, 0.15) is 75.7 Å². The number of carbonyl (C=O) groups is 2. The number of ether oxygens (including phenoxy) is 3. The maximum absolute atomic E-state index is 14.4. The first kappa shape index (κ1) is 44.3. The van der Waals surface area contributed by atoms with E-state index in [0.717, 1.165) is 63.8 Å². The molecule has 2 atom stereocenters. The highest BCUT2D eigenvalue weighted by molar-refractivity contribution is 6.30. The van der Waals surface area contributed by atoms with E-state index in [0.29, 0.717) is 53.4 Å². The monoisotopic (exact) mass is 790 g/mol. The average Bonchev–Trinajstić information content (AvgIpc) is 3.22. The highest BCUT2D eigenvalue weighted by Gasteiger charge is 2.40. The van der Waals surface area contributed by atoms with Crippen LogP contribution in [0.3, 0.4) is 0 Å². The Balaban J connectivity index is 0.00000378. The Labute approximate surface area is 333 Å². The third-order valence-electron chi connectivity index (χ3n) is 9.37. The van der Waals surface area contributed by atoms with Crippen LogP contribution in [-0.2, 0) is 20.7 Å². The van der Waals surface area contributed by atoms with Gasteiger partial charge in [0.05, 0.1) is 20.1 Å². The van der Waals surface area contributed by atoms with E-state index in [1.165, 1.54) is 5.56 Å². The molecule has 2 heterocycles. The first-order valence-corrected chi connectivity index (χ1v) is 18.8. The number of fused-ring (bicyclic) bond motifs is 1. The van der Waals surface area contributed by atoms with Crippen LogP contribution in [0.25, 0.3) is 0 Å². The van der Waals surface area contributed by atoms with Crippen LogP contribution in [-0.4, -0.2) is 70.9 Å². The summed E-state index contributed by atoms with van der Waals surface area (Å²) in [6, 6.07) is 21.7. The quantitative estimate of drug-likeness (QED) is 0.129. The van der Waals surface area contributed by atoms with E-state index in [1.807, 2.05) is 36.4 Å². The van der Waals surface area contributed by atoms with Crippen LogP contribution in [0.2, 0.25) is 5.02 Å². The number of hydrogen-bond acceptors (Lipinski definition) is 7. The second-order valence-electron chi connectivity index (χ2n) is 14.8. The molecule has 0 aliphatic carbocycles. The summed E-state index contributed by atoms with van der Waals surface area (Å²) in [5.41, 5.74) is 3.26. The molecule has 0 saturated carbocycles. The van der Waals surface area contributed by atoms with E-state index < -0.39 is 12.2 Å². The lowest BCUT2D eigenvalue weighted by molar-refractivity contribution is -0.138. The fourth-order valence-corrected chi connectivity index (χ4v) is 6.99. The largest absolute Gasteiger partial charge is 0.492 e. The molecule has 3 N–H and O–H groups in total. The van der Waals surface area contributed by atoms with Crippen LogP contribution >= 0.6 is 36.4 Å². The highest BCUT2D eigenvalue weighted by atomic mass is 35.5. The van der Waals surface area contributed by atoms with Crippen molar-refractivity contribution >= 4 is 53.9 Å². The summed E-state index contributed by atoms with van der Waals surface area (Å²) in [5.74, 6) is 1.07. The van der Waals surface area contributed by atoms with Gasteiger partial charge in [0.15, 0.2) is 11.5 Å². The molecule has 292 valence electrons. The number of halogens is 3. The van der Waals surface area contributed by atoms with Crippen molar-refractivity contribution in [3.8, 4) is 11.5 Å². The van der Waals surface area contributed by atoms with E-state index in [9.17, 15) is 9.59 Å². The zero-order valence-electron chi connectivity index (χ0n) is 31.5. The smallest absolute Gasteiger partial charge is 0.256 e. The van der Waals surface area contributed by atoms with E-state index in [2.05, 4.69) is 61.0 Å². The van der Waals surface area contributed by atoms with E-state index in [4.69, 9.17) is 25.8 Å². The van der Waals surface area contributed by atoms with E-state index >= 15 is 0 Å². The predicted octanol–water partition coefficient (Wildman–Crippen LogP) is 7.56. The first-order valence-electron chi connectivity index (χ1n) is 18.4. The van der Waals surface area contributed by atoms with Crippen molar-refractivity contribution in [2.45, 2.75) is 71.5 Å². The minimum Gasteiger partial charge on any atom is -0.492 e. The summed E-state index contributed by atoms with van der Waals surface area (Å²) in [6.45, 7) is 11.5. The summed E-state index contributed by atoms with van der Waals surface area (Å²) in [5, 5.41) is 10.5. The second-order valence-corrected chi connectivity index (χ2v) is 15.3. The Morgan fingerprint density at radius 2 is 1.72 bits per heavy atom. The maximum Gasteiger partial charge on any atom is 0.256 e. The van der Waals surface area contributed by atoms with Gasteiger partial charge < -0.3 is 35.1 Å². The number of carbonyl (C=O) groups excluding carboxylic acids is 2. The molecule has 3 aromatic carbocycles. The third kappa shape index (κ3) is 13.0. The highest BCUT2D eigenvalue weighted by Crippen LogP contribution is 2.45. The van der Waals surface area contributed by atoms with Crippen LogP contribution in [0.4, 0.5) is 5.69 Å². The predicted molar refractivity (Wildman–Crippen MR) is 218 cm³/mol. The molecule has 0 aromatic heterocycles. The molecule has 0 radical (unpaired) electrons. The summed E-state index contributed by atoms with van der Waals surface area (Å²) >= 11 is 6.61. The van der Waals surface area contributed by atoms with Gasteiger partial charge >= 0.3 is 0 Å². The Kier molecular flexibility index (Phi) is 18.2.